The number of fused-ring (bicyclic) bond motifs is 1. The lowest BCUT2D eigenvalue weighted by molar-refractivity contribution is 0.173. The van der Waals surface area contributed by atoms with Crippen LogP contribution in [0.5, 0.6) is 0 Å². The van der Waals surface area contributed by atoms with Gasteiger partial charge in [-0.25, -0.2) is 0 Å². The Morgan fingerprint density at radius 3 is 2.81 bits per heavy atom. The molecular weight excluding hydrogens is 218 g/mol. The topological polar surface area (TPSA) is 3.24 Å². The maximum absolute atomic E-state index is 5.79. The lowest BCUT2D eigenvalue weighted by atomic mass is 9.85. The number of hydrogen-bond acceptors (Lipinski definition) is 1. The van der Waals surface area contributed by atoms with Gasteiger partial charge in [0.1, 0.15) is 0 Å². The van der Waals surface area contributed by atoms with Gasteiger partial charge < -0.3 is 4.90 Å². The Kier molecular flexibility index (Phi) is 4.97. The van der Waals surface area contributed by atoms with Crippen molar-refractivity contribution < 1.29 is 0 Å². The molecule has 0 aromatic heterocycles. The van der Waals surface area contributed by atoms with Crippen molar-refractivity contribution in [2.24, 2.45) is 11.8 Å². The quantitative estimate of drug-likeness (QED) is 0.662. The summed E-state index contributed by atoms with van der Waals surface area (Å²) < 4.78 is 0. The van der Waals surface area contributed by atoms with Crippen molar-refractivity contribution in [3.63, 3.8) is 0 Å². The first-order chi connectivity index (χ1) is 7.81. The third-order valence-electron chi connectivity index (χ3n) is 4.64. The van der Waals surface area contributed by atoms with Gasteiger partial charge in [0, 0.05) is 11.9 Å². The lowest BCUT2D eigenvalue weighted by Crippen LogP contribution is -2.35. The van der Waals surface area contributed by atoms with E-state index < -0.39 is 0 Å². The average Bonchev–Trinajstić information content (AvgIpc) is 2.70. The third-order valence-corrected chi connectivity index (χ3v) is 4.85. The van der Waals surface area contributed by atoms with Gasteiger partial charge in [0.2, 0.25) is 0 Å². The second kappa shape index (κ2) is 6.26. The molecule has 2 rings (SSSR count). The monoisotopic (exact) mass is 243 g/mol. The van der Waals surface area contributed by atoms with Gasteiger partial charge >= 0.3 is 0 Å². The number of hydrogen-bond donors (Lipinski definition) is 0. The summed E-state index contributed by atoms with van der Waals surface area (Å²) in [5.74, 6) is 2.67. The molecule has 0 bridgehead atoms. The van der Waals surface area contributed by atoms with E-state index in [0.717, 1.165) is 23.8 Å². The standard InChI is InChI=1S/C14H26ClN/c1-12(6-9-15)7-10-16-11-8-13-4-2-3-5-14(13)16/h12-14H,2-11H2,1H3. The molecule has 0 N–H and O–H groups in total. The first-order valence-electron chi connectivity index (χ1n) is 7.11. The first-order valence-corrected chi connectivity index (χ1v) is 7.64. The fourth-order valence-electron chi connectivity index (χ4n) is 3.50. The SMILES string of the molecule is CC(CCCl)CCN1CCC2CCCCC21. The van der Waals surface area contributed by atoms with E-state index in [0.29, 0.717) is 0 Å². The summed E-state index contributed by atoms with van der Waals surface area (Å²) in [6.07, 6.45) is 9.91. The molecule has 1 saturated carbocycles. The van der Waals surface area contributed by atoms with Gasteiger partial charge in [-0.3, -0.25) is 0 Å². The van der Waals surface area contributed by atoms with Crippen molar-refractivity contribution >= 4 is 11.6 Å². The van der Waals surface area contributed by atoms with Crippen molar-refractivity contribution in [1.82, 2.24) is 4.90 Å². The zero-order valence-corrected chi connectivity index (χ0v) is 11.4. The van der Waals surface area contributed by atoms with Crippen molar-refractivity contribution in [3.05, 3.63) is 0 Å². The highest BCUT2D eigenvalue weighted by atomic mass is 35.5. The van der Waals surface area contributed by atoms with Crippen LogP contribution in [0.3, 0.4) is 0 Å². The zero-order chi connectivity index (χ0) is 11.4. The van der Waals surface area contributed by atoms with Gasteiger partial charge in [-0.15, -0.1) is 11.6 Å². The van der Waals surface area contributed by atoms with E-state index in [-0.39, 0.29) is 0 Å². The van der Waals surface area contributed by atoms with Crippen LogP contribution < -0.4 is 0 Å². The molecule has 2 aliphatic rings. The second-order valence-corrected chi connectivity index (χ2v) is 6.19. The smallest absolute Gasteiger partial charge is 0.0225 e. The fraction of sp³-hybridized carbons (Fsp3) is 1.00. The number of halogens is 1. The van der Waals surface area contributed by atoms with Crippen LogP contribution in [0.4, 0.5) is 0 Å². The van der Waals surface area contributed by atoms with Crippen LogP contribution in [0.25, 0.3) is 0 Å². The third kappa shape index (κ3) is 3.13. The molecule has 1 aliphatic carbocycles. The summed E-state index contributed by atoms with van der Waals surface area (Å²) in [5, 5.41) is 0. The molecule has 0 aromatic carbocycles. The highest BCUT2D eigenvalue weighted by molar-refractivity contribution is 6.17. The Morgan fingerprint density at radius 2 is 2.00 bits per heavy atom. The maximum Gasteiger partial charge on any atom is 0.0225 e. The molecule has 0 aromatic rings. The number of rotatable bonds is 5. The van der Waals surface area contributed by atoms with Gasteiger partial charge in [-0.05, 0) is 57.0 Å². The first kappa shape index (κ1) is 12.7. The molecule has 3 unspecified atom stereocenters. The molecule has 1 aliphatic heterocycles. The highest BCUT2D eigenvalue weighted by Crippen LogP contribution is 2.36. The van der Waals surface area contributed by atoms with Crippen LogP contribution in [-0.2, 0) is 0 Å². The van der Waals surface area contributed by atoms with E-state index in [9.17, 15) is 0 Å². The summed E-state index contributed by atoms with van der Waals surface area (Å²) in [4.78, 5) is 2.77. The Morgan fingerprint density at radius 1 is 1.19 bits per heavy atom. The van der Waals surface area contributed by atoms with Crippen LogP contribution in [0.2, 0.25) is 0 Å². The molecule has 0 amide bonds. The van der Waals surface area contributed by atoms with E-state index in [1.165, 1.54) is 58.0 Å². The van der Waals surface area contributed by atoms with Gasteiger partial charge in [0.05, 0.1) is 0 Å². The molecule has 1 heterocycles. The van der Waals surface area contributed by atoms with Gasteiger partial charge in [0.15, 0.2) is 0 Å². The minimum Gasteiger partial charge on any atom is -0.300 e. The molecule has 3 atom stereocenters. The van der Waals surface area contributed by atoms with Crippen molar-refractivity contribution in [3.8, 4) is 0 Å². The lowest BCUT2D eigenvalue weighted by Gasteiger charge is -2.32. The molecule has 0 spiro atoms. The summed E-state index contributed by atoms with van der Waals surface area (Å²) >= 11 is 5.79. The number of alkyl halides is 1. The number of nitrogens with zero attached hydrogens (tertiary/aromatic N) is 1. The summed E-state index contributed by atoms with van der Waals surface area (Å²) in [5.41, 5.74) is 0. The molecular formula is C14H26ClN. The number of likely N-dealkylation sites (tertiary alicyclic amines) is 1. The predicted octanol–water partition coefficient (Wildman–Crippen LogP) is 3.91. The van der Waals surface area contributed by atoms with E-state index in [1.807, 2.05) is 0 Å². The fourth-order valence-corrected chi connectivity index (χ4v) is 3.87. The normalized spacial score (nSPS) is 32.6. The van der Waals surface area contributed by atoms with Crippen LogP contribution in [0, 0.1) is 11.8 Å². The maximum atomic E-state index is 5.79. The minimum atomic E-state index is 0.806. The Bertz CT molecular complexity index is 207. The summed E-state index contributed by atoms with van der Waals surface area (Å²) in [6.45, 7) is 5.03. The van der Waals surface area contributed by atoms with Crippen molar-refractivity contribution in [2.45, 2.75) is 57.9 Å². The summed E-state index contributed by atoms with van der Waals surface area (Å²) in [7, 11) is 0. The van der Waals surface area contributed by atoms with Gasteiger partial charge in [0.25, 0.3) is 0 Å². The second-order valence-electron chi connectivity index (χ2n) is 5.81. The highest BCUT2D eigenvalue weighted by Gasteiger charge is 2.35. The molecule has 1 nitrogen and oxygen atoms in total. The van der Waals surface area contributed by atoms with Gasteiger partial charge in [-0.2, -0.15) is 0 Å². The predicted molar refractivity (Wildman–Crippen MR) is 71.1 cm³/mol. The summed E-state index contributed by atoms with van der Waals surface area (Å²) in [6, 6.07) is 0.942. The van der Waals surface area contributed by atoms with Crippen LogP contribution >= 0.6 is 11.6 Å². The van der Waals surface area contributed by atoms with E-state index in [4.69, 9.17) is 11.6 Å². The van der Waals surface area contributed by atoms with Crippen LogP contribution in [-0.4, -0.2) is 29.9 Å². The van der Waals surface area contributed by atoms with Crippen LogP contribution in [0.15, 0.2) is 0 Å². The van der Waals surface area contributed by atoms with E-state index in [1.54, 1.807) is 0 Å². The molecule has 16 heavy (non-hydrogen) atoms. The van der Waals surface area contributed by atoms with E-state index in [2.05, 4.69) is 11.8 Å². The molecule has 2 heteroatoms. The van der Waals surface area contributed by atoms with Crippen molar-refractivity contribution in [2.75, 3.05) is 19.0 Å². The average molecular weight is 244 g/mol. The molecule has 94 valence electrons. The molecule has 0 radical (unpaired) electrons. The Balaban J connectivity index is 1.73. The largest absolute Gasteiger partial charge is 0.300 e. The van der Waals surface area contributed by atoms with Crippen molar-refractivity contribution in [1.29, 1.82) is 0 Å². The zero-order valence-electron chi connectivity index (χ0n) is 10.6. The Labute approximate surface area is 106 Å². The van der Waals surface area contributed by atoms with Crippen LogP contribution in [0.1, 0.15) is 51.9 Å². The van der Waals surface area contributed by atoms with E-state index >= 15 is 0 Å². The molecule has 1 saturated heterocycles. The van der Waals surface area contributed by atoms with Gasteiger partial charge in [-0.1, -0.05) is 19.8 Å². The molecule has 2 fully saturated rings. The Hall–Kier alpha value is 0.250. The minimum absolute atomic E-state index is 0.806.